The molecule has 0 aromatic heterocycles. The van der Waals surface area contributed by atoms with Gasteiger partial charge in [-0.1, -0.05) is 153 Å². The molecule has 9 aromatic carbocycles. The van der Waals surface area contributed by atoms with E-state index in [0.717, 1.165) is 32.4 Å². The van der Waals surface area contributed by atoms with Gasteiger partial charge in [0.2, 0.25) is 0 Å². The Morgan fingerprint density at radius 2 is 1.11 bits per heavy atom. The predicted octanol–water partition coefficient (Wildman–Crippen LogP) is 16.7. The molecule has 2 heteroatoms. The van der Waals surface area contributed by atoms with Crippen LogP contribution in [0, 0.1) is 0 Å². The summed E-state index contributed by atoms with van der Waals surface area (Å²) in [6.07, 6.45) is 11.7. The van der Waals surface area contributed by atoms with Crippen LogP contribution in [-0.2, 0) is 11.8 Å². The summed E-state index contributed by atoms with van der Waals surface area (Å²) in [6, 6.07) is 65.1. The van der Waals surface area contributed by atoms with Gasteiger partial charge in [0.25, 0.3) is 0 Å². The second-order valence-corrected chi connectivity index (χ2v) is 19.3. The fourth-order valence-electron chi connectivity index (χ4n) is 12.2. The third-order valence-corrected chi connectivity index (χ3v) is 15.4. The molecule has 0 atom stereocenters. The Balaban J connectivity index is 1.05. The third-order valence-electron chi connectivity index (χ3n) is 15.4. The first-order chi connectivity index (χ1) is 32.0. The highest BCUT2D eigenvalue weighted by Crippen LogP contribution is 2.51. The first-order valence-electron chi connectivity index (χ1n) is 23.9. The van der Waals surface area contributed by atoms with Gasteiger partial charge in [0.05, 0.1) is 0 Å². The molecule has 0 saturated carbocycles. The Labute approximate surface area is 382 Å². The van der Waals surface area contributed by atoms with Crippen LogP contribution in [0.2, 0.25) is 0 Å². The monoisotopic (exact) mass is 836 g/mol. The van der Waals surface area contributed by atoms with E-state index in [1.807, 2.05) is 0 Å². The van der Waals surface area contributed by atoms with Crippen LogP contribution < -0.4 is 9.80 Å². The maximum absolute atomic E-state index is 2.60. The Bertz CT molecular complexity index is 3470. The van der Waals surface area contributed by atoms with E-state index < -0.39 is 0 Å². The van der Waals surface area contributed by atoms with Gasteiger partial charge >= 0.3 is 0 Å². The molecule has 2 nitrogen and oxygen atoms in total. The van der Waals surface area contributed by atoms with E-state index in [1.165, 1.54) is 136 Å². The van der Waals surface area contributed by atoms with Crippen molar-refractivity contribution in [1.82, 2.24) is 0 Å². The largest absolute Gasteiger partial charge is 0.342 e. The van der Waals surface area contributed by atoms with E-state index in [1.54, 1.807) is 5.57 Å². The molecule has 0 bridgehead atoms. The van der Waals surface area contributed by atoms with Crippen molar-refractivity contribution in [2.75, 3.05) is 22.9 Å². The van der Waals surface area contributed by atoms with Crippen molar-refractivity contribution in [1.29, 1.82) is 0 Å². The molecule has 0 unspecified atom stereocenters. The molecular formula is C63H52N2. The summed E-state index contributed by atoms with van der Waals surface area (Å²) >= 11 is 0. The van der Waals surface area contributed by atoms with Crippen molar-refractivity contribution < 1.29 is 0 Å². The molecule has 0 fully saturated rings. The molecule has 4 aliphatic rings. The minimum Gasteiger partial charge on any atom is -0.342 e. The van der Waals surface area contributed by atoms with Crippen LogP contribution in [0.25, 0.3) is 76.8 Å². The van der Waals surface area contributed by atoms with Crippen LogP contribution >= 0.6 is 0 Å². The SMILES string of the molecule is CC1(C)c2ccccc2-c2cc(-c3ccc(-c4c5cc(N6CCCC7=C6C=CCC7)ccc5c(-c5cccc6ccccc56)c5cc(N6CCCc7ccccc76)ccc45)cc3)ccc21. The van der Waals surface area contributed by atoms with Gasteiger partial charge in [0.15, 0.2) is 0 Å². The Hall–Kier alpha value is -7.16. The molecule has 0 amide bonds. The second kappa shape index (κ2) is 15.0. The molecule has 2 aliphatic carbocycles. The van der Waals surface area contributed by atoms with E-state index in [2.05, 4.69) is 206 Å². The van der Waals surface area contributed by atoms with Crippen molar-refractivity contribution in [2.45, 2.75) is 57.8 Å². The maximum atomic E-state index is 2.60. The number of allylic oxidation sites excluding steroid dienone is 3. The first-order valence-corrected chi connectivity index (χ1v) is 23.9. The lowest BCUT2D eigenvalue weighted by molar-refractivity contribution is 0.660. The van der Waals surface area contributed by atoms with Crippen molar-refractivity contribution in [3.05, 3.63) is 210 Å². The van der Waals surface area contributed by atoms with Gasteiger partial charge in [-0.15, -0.1) is 0 Å². The van der Waals surface area contributed by atoms with Crippen molar-refractivity contribution in [2.24, 2.45) is 0 Å². The Morgan fingerprint density at radius 3 is 2.00 bits per heavy atom. The molecule has 314 valence electrons. The number of para-hydroxylation sites is 1. The van der Waals surface area contributed by atoms with Crippen LogP contribution in [0.15, 0.2) is 193 Å². The van der Waals surface area contributed by atoms with Crippen LogP contribution in [0.1, 0.15) is 62.6 Å². The molecular weight excluding hydrogens is 785 g/mol. The van der Waals surface area contributed by atoms with Crippen LogP contribution in [0.3, 0.4) is 0 Å². The molecule has 0 saturated heterocycles. The highest BCUT2D eigenvalue weighted by atomic mass is 15.1. The van der Waals surface area contributed by atoms with Crippen LogP contribution in [0.4, 0.5) is 17.1 Å². The molecule has 2 aliphatic heterocycles. The van der Waals surface area contributed by atoms with Crippen molar-refractivity contribution in [3.63, 3.8) is 0 Å². The highest BCUT2D eigenvalue weighted by Gasteiger charge is 2.35. The zero-order valence-corrected chi connectivity index (χ0v) is 37.4. The number of anilines is 3. The van der Waals surface area contributed by atoms with Gasteiger partial charge in [-0.3, -0.25) is 0 Å². The lowest BCUT2D eigenvalue weighted by Crippen LogP contribution is -2.28. The minimum atomic E-state index is -0.00962. The lowest BCUT2D eigenvalue weighted by Gasteiger charge is -2.34. The number of fused-ring (bicyclic) bond motifs is 7. The van der Waals surface area contributed by atoms with Gasteiger partial charge in [-0.05, 0) is 180 Å². The molecule has 13 rings (SSSR count). The van der Waals surface area contributed by atoms with Crippen molar-refractivity contribution >= 4 is 49.4 Å². The van der Waals surface area contributed by atoms with Crippen molar-refractivity contribution in [3.8, 4) is 44.5 Å². The summed E-state index contributed by atoms with van der Waals surface area (Å²) in [5.74, 6) is 0. The maximum Gasteiger partial charge on any atom is 0.0443 e. The molecule has 0 radical (unpaired) electrons. The van der Waals surface area contributed by atoms with Gasteiger partial charge in [-0.25, -0.2) is 0 Å². The average Bonchev–Trinajstić information content (AvgIpc) is 3.60. The smallest absolute Gasteiger partial charge is 0.0443 e. The topological polar surface area (TPSA) is 6.48 Å². The minimum absolute atomic E-state index is 0.00962. The first kappa shape index (κ1) is 38.3. The number of hydrogen-bond donors (Lipinski definition) is 0. The average molecular weight is 837 g/mol. The van der Waals surface area contributed by atoms with E-state index in [4.69, 9.17) is 0 Å². The Kier molecular flexibility index (Phi) is 8.82. The fraction of sp³-hybridized carbons (Fsp3) is 0.175. The summed E-state index contributed by atoms with van der Waals surface area (Å²) in [5, 5.41) is 7.71. The van der Waals surface area contributed by atoms with Crippen LogP contribution in [-0.4, -0.2) is 13.1 Å². The fourth-order valence-corrected chi connectivity index (χ4v) is 12.2. The highest BCUT2D eigenvalue weighted by molar-refractivity contribution is 6.24. The standard InChI is InChI=1S/C63H52N2/c1-63(2)57-23-8-7-21-50(57)54-38-46(30-35-58(54)63)41-26-28-45(29-27-41)61-52-33-31-48(65-37-13-19-44-16-5-10-25-60(44)65)40-56(52)62(51-22-11-17-42-14-3-6-20-49(42)51)53-34-32-47(39-55(53)61)64-36-12-18-43-15-4-9-24-59(43)64/h3,5-11,14,16-17,20-35,38-40H,4,12-13,15,18-19,36-37H2,1-2H3. The molecule has 0 N–H and O–H groups in total. The van der Waals surface area contributed by atoms with E-state index in [9.17, 15) is 0 Å². The van der Waals surface area contributed by atoms with E-state index in [0.29, 0.717) is 0 Å². The molecule has 2 heterocycles. The number of rotatable bonds is 5. The van der Waals surface area contributed by atoms with Gasteiger partial charge in [0.1, 0.15) is 0 Å². The quantitative estimate of drug-likeness (QED) is 0.159. The van der Waals surface area contributed by atoms with Gasteiger partial charge < -0.3 is 9.80 Å². The number of hydrogen-bond acceptors (Lipinski definition) is 2. The molecule has 65 heavy (non-hydrogen) atoms. The van der Waals surface area contributed by atoms with Gasteiger partial charge in [0, 0.05) is 41.3 Å². The van der Waals surface area contributed by atoms with E-state index >= 15 is 0 Å². The summed E-state index contributed by atoms with van der Waals surface area (Å²) in [4.78, 5) is 5.16. The third kappa shape index (κ3) is 6.07. The van der Waals surface area contributed by atoms with Gasteiger partial charge in [-0.2, -0.15) is 0 Å². The lowest BCUT2D eigenvalue weighted by atomic mass is 9.82. The summed E-state index contributed by atoms with van der Waals surface area (Å²) in [7, 11) is 0. The predicted molar refractivity (Wildman–Crippen MR) is 277 cm³/mol. The summed E-state index contributed by atoms with van der Waals surface area (Å²) in [5.41, 5.74) is 21.5. The zero-order chi connectivity index (χ0) is 43.2. The number of nitrogens with zero attached hydrogens (tertiary/aromatic N) is 2. The number of benzene rings is 9. The van der Waals surface area contributed by atoms with E-state index in [-0.39, 0.29) is 5.41 Å². The zero-order valence-electron chi connectivity index (χ0n) is 37.4. The molecule has 0 spiro atoms. The second-order valence-electron chi connectivity index (χ2n) is 19.3. The number of aryl methyl sites for hydroxylation is 1. The normalized spacial score (nSPS) is 16.2. The summed E-state index contributed by atoms with van der Waals surface area (Å²) < 4.78 is 0. The van der Waals surface area contributed by atoms with Crippen LogP contribution in [0.5, 0.6) is 0 Å². The Morgan fingerprint density at radius 1 is 0.446 bits per heavy atom. The molecule has 9 aromatic rings. The summed E-state index contributed by atoms with van der Waals surface area (Å²) in [6.45, 7) is 6.76.